The van der Waals surface area contributed by atoms with Gasteiger partial charge < -0.3 is 5.11 Å². The summed E-state index contributed by atoms with van der Waals surface area (Å²) in [4.78, 5) is 0. The molecule has 0 fully saturated rings. The summed E-state index contributed by atoms with van der Waals surface area (Å²) in [5.74, 6) is 0. The highest BCUT2D eigenvalue weighted by Crippen LogP contribution is 2.13. The van der Waals surface area contributed by atoms with Crippen molar-refractivity contribution in [2.45, 2.75) is 71.1 Å². The number of aliphatic hydroxyl groups excluding tert-OH is 1. The summed E-state index contributed by atoms with van der Waals surface area (Å²) in [6, 6.07) is 0.980. The van der Waals surface area contributed by atoms with Crippen LogP contribution >= 0.6 is 0 Å². The van der Waals surface area contributed by atoms with Crippen molar-refractivity contribution in [2.24, 2.45) is 0 Å². The van der Waals surface area contributed by atoms with Gasteiger partial charge in [-0.2, -0.15) is 0 Å². The number of hydrogen-bond donors (Lipinski definition) is 1. The van der Waals surface area contributed by atoms with Gasteiger partial charge in [-0.15, -0.1) is 0 Å². The van der Waals surface area contributed by atoms with E-state index in [1.54, 1.807) is 0 Å². The van der Waals surface area contributed by atoms with E-state index >= 15 is 0 Å². The maximum absolute atomic E-state index is 9.72. The van der Waals surface area contributed by atoms with Crippen molar-refractivity contribution in [1.82, 2.24) is 0 Å². The van der Waals surface area contributed by atoms with Gasteiger partial charge in [-0.1, -0.05) is 95.1 Å². The Labute approximate surface area is 136 Å². The van der Waals surface area contributed by atoms with E-state index in [2.05, 4.69) is 76.9 Å². The first-order valence-corrected chi connectivity index (χ1v) is 18.7. The van der Waals surface area contributed by atoms with Crippen molar-refractivity contribution in [3.05, 3.63) is 36.2 Å². The van der Waals surface area contributed by atoms with Gasteiger partial charge in [0.15, 0.2) is 0 Å². The van der Waals surface area contributed by atoms with Crippen LogP contribution < -0.4 is 0 Å². The van der Waals surface area contributed by atoms with E-state index < -0.39 is 24.2 Å². The van der Waals surface area contributed by atoms with Crippen molar-refractivity contribution >= 4 is 24.2 Å². The molecule has 0 amide bonds. The van der Waals surface area contributed by atoms with Crippen LogP contribution in [0, 0.1) is 0 Å². The molecule has 0 aliphatic carbocycles. The topological polar surface area (TPSA) is 20.2 Å². The molecule has 0 saturated carbocycles. The Hall–Kier alpha value is -0.169. The largest absolute Gasteiger partial charge is 0.389 e. The lowest BCUT2D eigenvalue weighted by Crippen LogP contribution is -2.26. The van der Waals surface area contributed by atoms with E-state index in [0.29, 0.717) is 0 Å². The van der Waals surface area contributed by atoms with Crippen LogP contribution in [0.2, 0.25) is 65.0 Å². The predicted molar refractivity (Wildman–Crippen MR) is 109 cm³/mol. The van der Waals surface area contributed by atoms with Crippen molar-refractivity contribution < 1.29 is 5.11 Å². The summed E-state index contributed by atoms with van der Waals surface area (Å²) in [6.45, 7) is 24.2. The molecule has 21 heavy (non-hydrogen) atoms. The van der Waals surface area contributed by atoms with Crippen LogP contribution in [0.4, 0.5) is 0 Å². The summed E-state index contributed by atoms with van der Waals surface area (Å²) in [7, 11) is -3.15. The van der Waals surface area contributed by atoms with Crippen molar-refractivity contribution in [3.63, 3.8) is 0 Å². The molecule has 0 radical (unpaired) electrons. The van der Waals surface area contributed by atoms with Crippen molar-refractivity contribution in [2.75, 3.05) is 0 Å². The summed E-state index contributed by atoms with van der Waals surface area (Å²) < 4.78 is 0. The van der Waals surface area contributed by atoms with Crippen LogP contribution in [0.25, 0.3) is 0 Å². The van der Waals surface area contributed by atoms with Gasteiger partial charge in [-0.25, -0.2) is 0 Å². The lowest BCUT2D eigenvalue weighted by molar-refractivity contribution is 0.242. The Kier molecular flexibility index (Phi) is 10.7. The van der Waals surface area contributed by atoms with Gasteiger partial charge in [0.1, 0.15) is 0 Å². The van der Waals surface area contributed by atoms with Crippen LogP contribution in [0.3, 0.4) is 0 Å². The van der Waals surface area contributed by atoms with E-state index in [1.165, 1.54) is 0 Å². The molecule has 0 aromatic rings. The molecule has 124 valence electrons. The fourth-order valence-corrected chi connectivity index (χ4v) is 4.36. The van der Waals surface area contributed by atoms with E-state index in [9.17, 15) is 5.11 Å². The minimum atomic E-state index is -1.12. The second-order valence-corrected chi connectivity index (χ2v) is 24.7. The van der Waals surface area contributed by atoms with Crippen LogP contribution in [0.15, 0.2) is 36.2 Å². The Morgan fingerprint density at radius 1 is 0.857 bits per heavy atom. The highest BCUT2D eigenvalue weighted by Gasteiger charge is 2.17. The zero-order chi connectivity index (χ0) is 17.3. The molecule has 0 aromatic carbocycles. The molecule has 0 rings (SSSR count). The number of allylic oxidation sites excluding steroid dienone is 2. The fourth-order valence-electron chi connectivity index (χ4n) is 1.45. The molecule has 0 spiro atoms. The molecule has 0 heterocycles. The van der Waals surface area contributed by atoms with Gasteiger partial charge in [0.05, 0.1) is 22.3 Å². The smallest absolute Gasteiger partial charge is 0.0693 e. The van der Waals surface area contributed by atoms with Gasteiger partial charge in [0.25, 0.3) is 0 Å². The summed E-state index contributed by atoms with van der Waals surface area (Å²) in [5, 5.41) is 9.72. The Balaban J connectivity index is 0. The van der Waals surface area contributed by atoms with E-state index in [4.69, 9.17) is 0 Å². The minimum absolute atomic E-state index is 0.210. The van der Waals surface area contributed by atoms with Gasteiger partial charge in [0.2, 0.25) is 0 Å². The Morgan fingerprint density at radius 2 is 1.29 bits per heavy atom. The number of rotatable bonds is 6. The van der Waals surface area contributed by atoms with Crippen LogP contribution in [-0.2, 0) is 0 Å². The monoisotopic (exact) mass is 342 g/mol. The highest BCUT2D eigenvalue weighted by atomic mass is 28.3. The lowest BCUT2D eigenvalue weighted by atomic mass is 10.4. The molecular weight excluding hydrogens is 304 g/mol. The second-order valence-electron chi connectivity index (χ2n) is 9.02. The second kappa shape index (κ2) is 9.77. The highest BCUT2D eigenvalue weighted by molar-refractivity contribution is 6.81. The van der Waals surface area contributed by atoms with Crippen LogP contribution in [0.1, 0.15) is 0 Å². The molecule has 0 aliphatic heterocycles. The molecule has 0 bridgehead atoms. The van der Waals surface area contributed by atoms with E-state index in [-0.39, 0.29) is 6.10 Å². The molecule has 0 aliphatic rings. The van der Waals surface area contributed by atoms with Gasteiger partial charge in [-0.3, -0.25) is 0 Å². The zero-order valence-electron chi connectivity index (χ0n) is 15.8. The first-order valence-electron chi connectivity index (χ1n) is 7.84. The standard InChI is InChI=1S/C10H24OSi2.C7H14Si/c1-12(2,3)8-7-10(11)9-13(4,5)6;1-5-6-7-8(2,3)4/h7-8,10-11H,9H2,1-6H3;5-7H,1H2,2-4H3/b8-7+;7-6+. The molecular formula is C17H38OSi3. The molecule has 4 heteroatoms. The zero-order valence-corrected chi connectivity index (χ0v) is 18.8. The quantitative estimate of drug-likeness (QED) is 0.483. The third-order valence-electron chi connectivity index (χ3n) is 2.37. The van der Waals surface area contributed by atoms with Crippen molar-refractivity contribution in [1.29, 1.82) is 0 Å². The summed E-state index contributed by atoms with van der Waals surface area (Å²) in [6.07, 6.45) is 5.66. The summed E-state index contributed by atoms with van der Waals surface area (Å²) >= 11 is 0. The fraction of sp³-hybridized carbons (Fsp3) is 0.647. The average molecular weight is 343 g/mol. The van der Waals surface area contributed by atoms with E-state index in [1.807, 2.05) is 18.2 Å². The molecule has 1 N–H and O–H groups in total. The molecule has 1 unspecified atom stereocenters. The number of hydrogen-bond acceptors (Lipinski definition) is 1. The van der Waals surface area contributed by atoms with Crippen LogP contribution in [0.5, 0.6) is 0 Å². The maximum atomic E-state index is 9.72. The van der Waals surface area contributed by atoms with Gasteiger partial charge >= 0.3 is 0 Å². The van der Waals surface area contributed by atoms with E-state index in [0.717, 1.165) is 6.04 Å². The average Bonchev–Trinajstić information content (AvgIpc) is 2.20. The normalized spacial score (nSPS) is 15.0. The third kappa shape index (κ3) is 25.2. The molecule has 0 saturated heterocycles. The summed E-state index contributed by atoms with van der Waals surface area (Å²) in [5.41, 5.74) is 4.50. The SMILES string of the molecule is C=C/C=C/[Si](C)(C)C.C[Si](C)(C)/C=C/C(O)C[Si](C)(C)C. The van der Waals surface area contributed by atoms with Crippen LogP contribution in [-0.4, -0.2) is 35.4 Å². The van der Waals surface area contributed by atoms with Gasteiger partial charge in [-0.05, 0) is 6.04 Å². The maximum Gasteiger partial charge on any atom is 0.0693 e. The first-order chi connectivity index (χ1) is 9.16. The van der Waals surface area contributed by atoms with Gasteiger partial charge in [0, 0.05) is 8.07 Å². The first kappa shape index (κ1) is 23.1. The Bertz CT molecular complexity index is 339. The lowest BCUT2D eigenvalue weighted by Gasteiger charge is -2.19. The van der Waals surface area contributed by atoms with Crippen molar-refractivity contribution in [3.8, 4) is 0 Å². The minimum Gasteiger partial charge on any atom is -0.389 e. The molecule has 1 nitrogen and oxygen atoms in total. The molecule has 0 aromatic heterocycles. The predicted octanol–water partition coefficient (Wildman–Crippen LogP) is 5.73. The molecule has 1 atom stereocenters. The third-order valence-corrected chi connectivity index (χ3v) is 6.40. The number of aliphatic hydroxyl groups is 1. The Morgan fingerprint density at radius 3 is 1.52 bits per heavy atom.